The van der Waals surface area contributed by atoms with Gasteiger partial charge in [0.2, 0.25) is 0 Å². The van der Waals surface area contributed by atoms with Crippen molar-refractivity contribution in [2.45, 2.75) is 5.00 Å². The first-order valence-electron chi connectivity index (χ1n) is 9.48. The summed E-state index contributed by atoms with van der Waals surface area (Å²) < 4.78 is 0. The van der Waals surface area contributed by atoms with E-state index in [2.05, 4.69) is 0 Å². The van der Waals surface area contributed by atoms with Gasteiger partial charge in [-0.15, -0.1) is 0 Å². The lowest BCUT2D eigenvalue weighted by Crippen LogP contribution is -2.21. The Labute approximate surface area is 191 Å². The quantitative estimate of drug-likeness (QED) is 0.166. The van der Waals surface area contributed by atoms with Crippen LogP contribution in [0.3, 0.4) is 0 Å². The first kappa shape index (κ1) is 20.7. The van der Waals surface area contributed by atoms with Gasteiger partial charge in [0, 0.05) is 21.2 Å². The summed E-state index contributed by atoms with van der Waals surface area (Å²) in [6.45, 7) is 0. The normalized spacial score (nSPS) is 11.2. The van der Waals surface area contributed by atoms with Crippen molar-refractivity contribution in [3.8, 4) is 0 Å². The van der Waals surface area contributed by atoms with Crippen molar-refractivity contribution in [2.24, 2.45) is 4.99 Å². The molecule has 0 atom stereocenters. The van der Waals surface area contributed by atoms with Crippen LogP contribution in [0.15, 0.2) is 114 Å². The fourth-order valence-corrected chi connectivity index (χ4v) is 3.87. The molecule has 0 spiro atoms. The maximum Gasteiger partial charge on any atom is 0.184 e. The summed E-state index contributed by atoms with van der Waals surface area (Å²) in [5.74, 6) is 0. The van der Waals surface area contributed by atoms with E-state index in [9.17, 15) is 0 Å². The summed E-state index contributed by atoms with van der Waals surface area (Å²) in [7, 11) is 0. The first-order chi connectivity index (χ1) is 14.6. The van der Waals surface area contributed by atoms with Crippen LogP contribution in [0, 0.1) is 0 Å². The third-order valence-electron chi connectivity index (χ3n) is 4.81. The number of benzene rings is 4. The molecule has 30 heavy (non-hydrogen) atoms. The Balaban J connectivity index is 1.97. The Morgan fingerprint density at radius 1 is 0.533 bits per heavy atom. The minimum atomic E-state index is -1.16. The average Bonchev–Trinajstić information content (AvgIpc) is 2.79. The topological polar surface area (TPSA) is 12.4 Å². The van der Waals surface area contributed by atoms with Crippen LogP contribution in [0.2, 0.25) is 10.0 Å². The lowest BCUT2D eigenvalue weighted by atomic mass is 9.96. The van der Waals surface area contributed by atoms with Crippen molar-refractivity contribution in [1.29, 1.82) is 0 Å². The molecule has 4 heteroatoms. The van der Waals surface area contributed by atoms with Crippen LogP contribution >= 0.6 is 34.8 Å². The number of nitrogens with zero attached hydrogens (tertiary/aromatic N) is 1. The van der Waals surface area contributed by atoms with E-state index in [0.717, 1.165) is 28.0 Å². The molecule has 0 amide bonds. The molecule has 0 unspecified atom stereocenters. The summed E-state index contributed by atoms with van der Waals surface area (Å²) in [4.78, 5) is 3.99. The van der Waals surface area contributed by atoms with Crippen LogP contribution in [0.1, 0.15) is 22.3 Å². The van der Waals surface area contributed by atoms with Crippen LogP contribution in [-0.2, 0) is 5.00 Å². The Kier molecular flexibility index (Phi) is 6.24. The standard InChI is InChI=1S/C26H18Cl3N/c27-23-15-11-21(12-16-23)26(29,22-13-17-24(28)18-14-22)30-25(19-7-3-1-4-8-19)20-9-5-2-6-10-20/h1-18H. The zero-order valence-corrected chi connectivity index (χ0v) is 18.2. The van der Waals surface area contributed by atoms with Gasteiger partial charge < -0.3 is 0 Å². The summed E-state index contributed by atoms with van der Waals surface area (Å²) in [6.07, 6.45) is 0. The maximum absolute atomic E-state index is 7.32. The second-order valence-corrected chi connectivity index (χ2v) is 8.25. The second-order valence-electron chi connectivity index (χ2n) is 6.83. The minimum absolute atomic E-state index is 0.643. The molecule has 0 heterocycles. The monoisotopic (exact) mass is 449 g/mol. The van der Waals surface area contributed by atoms with E-state index in [1.807, 2.05) is 109 Å². The van der Waals surface area contributed by atoms with Gasteiger partial charge in [-0.3, -0.25) is 4.99 Å². The van der Waals surface area contributed by atoms with Gasteiger partial charge in [-0.25, -0.2) is 0 Å². The van der Waals surface area contributed by atoms with Gasteiger partial charge in [-0.1, -0.05) is 120 Å². The van der Waals surface area contributed by atoms with Gasteiger partial charge in [0.25, 0.3) is 0 Å². The molecule has 1 nitrogen and oxygen atoms in total. The Hall–Kier alpha value is -2.58. The molecule has 4 aromatic carbocycles. The molecule has 148 valence electrons. The Bertz CT molecular complexity index is 1050. The molecular formula is C26H18Cl3N. The van der Waals surface area contributed by atoms with Crippen molar-refractivity contribution in [1.82, 2.24) is 0 Å². The van der Waals surface area contributed by atoms with E-state index < -0.39 is 5.00 Å². The first-order valence-corrected chi connectivity index (χ1v) is 10.6. The zero-order valence-electron chi connectivity index (χ0n) is 16.0. The van der Waals surface area contributed by atoms with Gasteiger partial charge in [0.05, 0.1) is 5.71 Å². The van der Waals surface area contributed by atoms with Crippen molar-refractivity contribution in [2.75, 3.05) is 0 Å². The molecular weight excluding hydrogens is 433 g/mol. The average molecular weight is 451 g/mol. The number of alkyl halides is 1. The van der Waals surface area contributed by atoms with Crippen LogP contribution in [0.5, 0.6) is 0 Å². The highest BCUT2D eigenvalue weighted by molar-refractivity contribution is 6.31. The van der Waals surface area contributed by atoms with E-state index in [0.29, 0.717) is 10.0 Å². The second kappa shape index (κ2) is 9.06. The number of hydrogen-bond acceptors (Lipinski definition) is 1. The molecule has 0 aliphatic heterocycles. The van der Waals surface area contributed by atoms with Gasteiger partial charge in [0.15, 0.2) is 5.00 Å². The Morgan fingerprint density at radius 3 is 1.27 bits per heavy atom. The van der Waals surface area contributed by atoms with Crippen molar-refractivity contribution < 1.29 is 0 Å². The molecule has 0 aromatic heterocycles. The predicted molar refractivity (Wildman–Crippen MR) is 128 cm³/mol. The lowest BCUT2D eigenvalue weighted by molar-refractivity contribution is 0.778. The third kappa shape index (κ3) is 4.44. The molecule has 0 radical (unpaired) electrons. The molecule has 0 aliphatic carbocycles. The minimum Gasteiger partial charge on any atom is -0.252 e. The third-order valence-corrected chi connectivity index (χ3v) is 5.84. The van der Waals surface area contributed by atoms with Crippen LogP contribution in [-0.4, -0.2) is 5.71 Å². The summed E-state index contributed by atoms with van der Waals surface area (Å²) in [6, 6.07) is 35.0. The van der Waals surface area contributed by atoms with Gasteiger partial charge >= 0.3 is 0 Å². The Morgan fingerprint density at radius 2 is 0.900 bits per heavy atom. The molecule has 0 aliphatic rings. The molecule has 0 N–H and O–H groups in total. The SMILES string of the molecule is Clc1ccc(C(Cl)(N=C(c2ccccc2)c2ccccc2)c2ccc(Cl)cc2)cc1. The fourth-order valence-electron chi connectivity index (χ4n) is 3.28. The molecule has 0 saturated carbocycles. The van der Waals surface area contributed by atoms with Crippen molar-refractivity contribution >= 4 is 40.5 Å². The summed E-state index contributed by atoms with van der Waals surface area (Å²) in [5, 5.41) is 1.29. The van der Waals surface area contributed by atoms with E-state index >= 15 is 0 Å². The van der Waals surface area contributed by atoms with E-state index in [4.69, 9.17) is 39.8 Å². The van der Waals surface area contributed by atoms with Crippen molar-refractivity contribution in [3.63, 3.8) is 0 Å². The molecule has 4 aromatic rings. The molecule has 0 saturated heterocycles. The van der Waals surface area contributed by atoms with Gasteiger partial charge in [-0.2, -0.15) is 0 Å². The number of halogens is 3. The maximum atomic E-state index is 7.32. The van der Waals surface area contributed by atoms with Crippen LogP contribution in [0.4, 0.5) is 0 Å². The fraction of sp³-hybridized carbons (Fsp3) is 0.0385. The van der Waals surface area contributed by atoms with E-state index in [1.165, 1.54) is 0 Å². The molecule has 0 fully saturated rings. The highest BCUT2D eigenvalue weighted by Crippen LogP contribution is 2.40. The van der Waals surface area contributed by atoms with E-state index in [1.54, 1.807) is 0 Å². The highest BCUT2D eigenvalue weighted by Gasteiger charge is 2.32. The zero-order chi connectivity index (χ0) is 21.0. The van der Waals surface area contributed by atoms with Gasteiger partial charge in [-0.05, 0) is 35.4 Å². The predicted octanol–water partition coefficient (Wildman–Crippen LogP) is 7.97. The highest BCUT2D eigenvalue weighted by atomic mass is 35.5. The number of aliphatic imine (C=N–C) groups is 1. The van der Waals surface area contributed by atoms with Crippen LogP contribution in [0.25, 0.3) is 0 Å². The number of rotatable bonds is 5. The number of hydrogen-bond donors (Lipinski definition) is 0. The van der Waals surface area contributed by atoms with Crippen LogP contribution < -0.4 is 0 Å². The van der Waals surface area contributed by atoms with E-state index in [-0.39, 0.29) is 0 Å². The lowest BCUT2D eigenvalue weighted by Gasteiger charge is -2.26. The molecule has 4 rings (SSSR count). The van der Waals surface area contributed by atoms with Crippen molar-refractivity contribution in [3.05, 3.63) is 141 Å². The molecule has 0 bridgehead atoms. The smallest absolute Gasteiger partial charge is 0.184 e. The largest absolute Gasteiger partial charge is 0.252 e. The summed E-state index contributed by atoms with van der Waals surface area (Å²) >= 11 is 19.6. The van der Waals surface area contributed by atoms with Gasteiger partial charge in [0.1, 0.15) is 0 Å². The summed E-state index contributed by atoms with van der Waals surface area (Å²) in [5.41, 5.74) is 4.41.